The van der Waals surface area contributed by atoms with E-state index in [1.165, 1.54) is 17.1 Å². The zero-order valence-electron chi connectivity index (χ0n) is 12.1. The molecule has 0 fully saturated rings. The van der Waals surface area contributed by atoms with Crippen molar-refractivity contribution in [3.8, 4) is 0 Å². The fourth-order valence-corrected chi connectivity index (χ4v) is 3.26. The Balaban J connectivity index is 1.78. The molecule has 23 heavy (non-hydrogen) atoms. The Morgan fingerprint density at radius 1 is 1.00 bits per heavy atom. The van der Waals surface area contributed by atoms with Crippen molar-refractivity contribution in [3.63, 3.8) is 0 Å². The van der Waals surface area contributed by atoms with Crippen LogP contribution in [0.3, 0.4) is 0 Å². The van der Waals surface area contributed by atoms with E-state index >= 15 is 0 Å². The van der Waals surface area contributed by atoms with Gasteiger partial charge in [-0.1, -0.05) is 48.5 Å². The summed E-state index contributed by atoms with van der Waals surface area (Å²) in [5, 5.41) is 1.23. The lowest BCUT2D eigenvalue weighted by atomic mass is 10.1. The SMILES string of the molecule is O=C(NS(=O)(=O)c1ccccc1)N1NC=CC1c1ccccc1. The molecular formula is C16H15N3O3S. The Hall–Kier alpha value is -2.80. The van der Waals surface area contributed by atoms with Crippen molar-refractivity contribution in [1.29, 1.82) is 0 Å². The first-order valence-corrected chi connectivity index (χ1v) is 8.45. The topological polar surface area (TPSA) is 78.5 Å². The lowest BCUT2D eigenvalue weighted by Crippen LogP contribution is -2.47. The standard InChI is InChI=1S/C16H15N3O3S/c20-16(18-23(21,22)14-9-5-2-6-10-14)19-15(11-12-17-19)13-7-3-1-4-8-13/h1-12,15,17H,(H,18,20). The monoisotopic (exact) mass is 329 g/mol. The minimum absolute atomic E-state index is 0.0387. The Morgan fingerprint density at radius 3 is 2.26 bits per heavy atom. The molecule has 1 aliphatic rings. The minimum Gasteiger partial charge on any atom is -0.301 e. The largest absolute Gasteiger partial charge is 0.350 e. The number of carbonyl (C=O) groups is 1. The highest BCUT2D eigenvalue weighted by Gasteiger charge is 2.29. The van der Waals surface area contributed by atoms with Crippen molar-refractivity contribution in [1.82, 2.24) is 15.2 Å². The Labute approximate surface area is 134 Å². The van der Waals surface area contributed by atoms with Gasteiger partial charge in [-0.2, -0.15) is 0 Å². The van der Waals surface area contributed by atoms with E-state index in [1.54, 1.807) is 30.5 Å². The third kappa shape index (κ3) is 3.19. The van der Waals surface area contributed by atoms with Crippen LogP contribution in [0.2, 0.25) is 0 Å². The number of nitrogens with zero attached hydrogens (tertiary/aromatic N) is 1. The first-order valence-electron chi connectivity index (χ1n) is 6.97. The molecule has 2 N–H and O–H groups in total. The van der Waals surface area contributed by atoms with Crippen LogP contribution in [0.4, 0.5) is 4.79 Å². The summed E-state index contributed by atoms with van der Waals surface area (Å²) in [7, 11) is -3.91. The van der Waals surface area contributed by atoms with Crippen LogP contribution in [-0.2, 0) is 10.0 Å². The normalized spacial score (nSPS) is 16.9. The fourth-order valence-electron chi connectivity index (χ4n) is 2.30. The highest BCUT2D eigenvalue weighted by Crippen LogP contribution is 2.24. The summed E-state index contributed by atoms with van der Waals surface area (Å²) in [6, 6.07) is 16.0. The molecule has 2 aromatic carbocycles. The second kappa shape index (κ2) is 6.13. The Morgan fingerprint density at radius 2 is 1.61 bits per heavy atom. The molecule has 0 aromatic heterocycles. The van der Waals surface area contributed by atoms with Crippen LogP contribution in [0.15, 0.2) is 77.8 Å². The lowest BCUT2D eigenvalue weighted by molar-refractivity contribution is 0.181. The third-order valence-electron chi connectivity index (χ3n) is 3.41. The average molecular weight is 329 g/mol. The molecule has 2 aromatic rings. The molecule has 2 amide bonds. The van der Waals surface area contributed by atoms with Crippen LogP contribution >= 0.6 is 0 Å². The summed E-state index contributed by atoms with van der Waals surface area (Å²) in [5.74, 6) is 0. The zero-order valence-corrected chi connectivity index (χ0v) is 12.9. The predicted octanol–water partition coefficient (Wildman–Crippen LogP) is 2.16. The number of sulfonamides is 1. The summed E-state index contributed by atoms with van der Waals surface area (Å²) in [6.45, 7) is 0. The highest BCUT2D eigenvalue weighted by atomic mass is 32.2. The van der Waals surface area contributed by atoms with E-state index in [9.17, 15) is 13.2 Å². The summed E-state index contributed by atoms with van der Waals surface area (Å²) in [6.07, 6.45) is 3.39. The minimum atomic E-state index is -3.91. The average Bonchev–Trinajstić information content (AvgIpc) is 3.06. The molecule has 3 rings (SSSR count). The second-order valence-electron chi connectivity index (χ2n) is 4.94. The van der Waals surface area contributed by atoms with Gasteiger partial charge in [0, 0.05) is 6.20 Å². The summed E-state index contributed by atoms with van der Waals surface area (Å²) >= 11 is 0. The quantitative estimate of drug-likeness (QED) is 0.904. The fraction of sp³-hybridized carbons (Fsp3) is 0.0625. The van der Waals surface area contributed by atoms with Gasteiger partial charge in [-0.15, -0.1) is 0 Å². The molecule has 1 atom stereocenters. The van der Waals surface area contributed by atoms with Crippen molar-refractivity contribution in [2.75, 3.05) is 0 Å². The maximum absolute atomic E-state index is 12.4. The molecular weight excluding hydrogens is 314 g/mol. The van der Waals surface area contributed by atoms with Crippen molar-refractivity contribution >= 4 is 16.1 Å². The molecule has 6 nitrogen and oxygen atoms in total. The zero-order chi connectivity index (χ0) is 16.3. The summed E-state index contributed by atoms with van der Waals surface area (Å²) < 4.78 is 26.5. The van der Waals surface area contributed by atoms with Gasteiger partial charge in [0.2, 0.25) is 0 Å². The molecule has 0 saturated carbocycles. The van der Waals surface area contributed by atoms with Crippen LogP contribution in [0.5, 0.6) is 0 Å². The molecule has 7 heteroatoms. The number of rotatable bonds is 3. The number of benzene rings is 2. The van der Waals surface area contributed by atoms with Crippen molar-refractivity contribution in [2.45, 2.75) is 10.9 Å². The van der Waals surface area contributed by atoms with Crippen molar-refractivity contribution < 1.29 is 13.2 Å². The maximum Gasteiger partial charge on any atom is 0.350 e. The van der Waals surface area contributed by atoms with Crippen LogP contribution in [0, 0.1) is 0 Å². The van der Waals surface area contributed by atoms with E-state index in [-0.39, 0.29) is 10.9 Å². The molecule has 118 valence electrons. The Bertz CT molecular complexity index is 820. The van der Waals surface area contributed by atoms with Gasteiger partial charge in [-0.3, -0.25) is 0 Å². The first kappa shape index (κ1) is 15.1. The summed E-state index contributed by atoms with van der Waals surface area (Å²) in [4.78, 5) is 12.4. The van der Waals surface area contributed by atoms with Crippen LogP contribution < -0.4 is 10.1 Å². The number of hydrazine groups is 1. The van der Waals surface area contributed by atoms with Gasteiger partial charge in [0.15, 0.2) is 0 Å². The molecule has 0 spiro atoms. The molecule has 0 aliphatic carbocycles. The third-order valence-corrected chi connectivity index (χ3v) is 4.74. The summed E-state index contributed by atoms with van der Waals surface area (Å²) in [5.41, 5.74) is 3.63. The van der Waals surface area contributed by atoms with Crippen molar-refractivity contribution in [2.24, 2.45) is 0 Å². The lowest BCUT2D eigenvalue weighted by Gasteiger charge is -2.24. The van der Waals surface area contributed by atoms with Gasteiger partial charge in [-0.25, -0.2) is 22.9 Å². The van der Waals surface area contributed by atoms with Gasteiger partial charge < -0.3 is 5.43 Å². The first-order chi connectivity index (χ1) is 11.1. The van der Waals surface area contributed by atoms with E-state index in [2.05, 4.69) is 10.1 Å². The van der Waals surface area contributed by atoms with Gasteiger partial charge in [-0.05, 0) is 23.8 Å². The van der Waals surface area contributed by atoms with Crippen LogP contribution in [-0.4, -0.2) is 19.5 Å². The molecule has 1 heterocycles. The number of amides is 2. The highest BCUT2D eigenvalue weighted by molar-refractivity contribution is 7.90. The van der Waals surface area contributed by atoms with Crippen LogP contribution in [0.25, 0.3) is 0 Å². The van der Waals surface area contributed by atoms with E-state index in [0.717, 1.165) is 5.56 Å². The Kier molecular flexibility index (Phi) is 4.03. The molecule has 1 unspecified atom stereocenters. The predicted molar refractivity (Wildman–Crippen MR) is 85.5 cm³/mol. The molecule has 0 saturated heterocycles. The van der Waals surface area contributed by atoms with Crippen molar-refractivity contribution in [3.05, 3.63) is 78.5 Å². The smallest absolute Gasteiger partial charge is 0.301 e. The van der Waals surface area contributed by atoms with Gasteiger partial charge in [0.05, 0.1) is 10.9 Å². The van der Waals surface area contributed by atoms with Gasteiger partial charge in [0.25, 0.3) is 10.0 Å². The second-order valence-corrected chi connectivity index (χ2v) is 6.62. The molecule has 0 bridgehead atoms. The number of nitrogens with one attached hydrogen (secondary N) is 2. The number of hydrogen-bond donors (Lipinski definition) is 2. The van der Waals surface area contributed by atoms with E-state index in [1.807, 2.05) is 30.3 Å². The van der Waals surface area contributed by atoms with Gasteiger partial charge >= 0.3 is 6.03 Å². The van der Waals surface area contributed by atoms with Crippen LogP contribution in [0.1, 0.15) is 11.6 Å². The van der Waals surface area contributed by atoms with E-state index in [0.29, 0.717) is 0 Å². The molecule has 0 radical (unpaired) electrons. The van der Waals surface area contributed by atoms with Gasteiger partial charge in [0.1, 0.15) is 0 Å². The number of hydrogen-bond acceptors (Lipinski definition) is 4. The number of urea groups is 1. The number of carbonyl (C=O) groups excluding carboxylic acids is 1. The molecule has 1 aliphatic heterocycles. The van der Waals surface area contributed by atoms with E-state index in [4.69, 9.17) is 0 Å². The maximum atomic E-state index is 12.4. The van der Waals surface area contributed by atoms with E-state index < -0.39 is 16.1 Å².